The molecule has 57 heavy (non-hydrogen) atoms. The van der Waals surface area contributed by atoms with E-state index in [1.807, 2.05) is 24.3 Å². The molecule has 5 aliphatic heterocycles. The van der Waals surface area contributed by atoms with Crippen LogP contribution in [0.15, 0.2) is 78.5 Å². The van der Waals surface area contributed by atoms with Crippen LogP contribution in [-0.2, 0) is 16.1 Å². The van der Waals surface area contributed by atoms with E-state index in [-0.39, 0.29) is 53.1 Å². The standard InChI is InChI=1S/C46H54FN5O5/c1-29-43(47)38(14-17-46(29,2)42-36-11-9-34(53)25-40(36)57-28-37(42)31-6-4-3-5-7-31)51-18-15-30(16-19-51)26-49-20-22-50(23-21-49)33-8-10-35-32(24-33)27-52(45(35)56)39-12-13-41(54)48-44(39)55/h3-11,14,24-25,29-30,37,39,42-43,53H,12-13,15-23,26-28H2,1-2H3,(H,48,54,55)/t29?,37-,39-,42-,43?,46?/m1/s1. The second-order valence-corrected chi connectivity index (χ2v) is 17.5. The monoisotopic (exact) mass is 775 g/mol. The molecule has 3 unspecified atom stereocenters. The second kappa shape index (κ2) is 15.1. The minimum Gasteiger partial charge on any atom is -0.508 e. The Morgan fingerprint density at radius 3 is 2.44 bits per heavy atom. The topological polar surface area (TPSA) is 106 Å². The first-order valence-corrected chi connectivity index (χ1v) is 20.9. The zero-order valence-corrected chi connectivity index (χ0v) is 33.0. The van der Waals surface area contributed by atoms with Crippen molar-refractivity contribution in [1.29, 1.82) is 0 Å². The summed E-state index contributed by atoms with van der Waals surface area (Å²) in [6, 6.07) is 21.3. The molecule has 3 aromatic rings. The molecule has 5 heterocycles. The molecule has 3 aromatic carbocycles. The summed E-state index contributed by atoms with van der Waals surface area (Å²) in [6.45, 7) is 11.8. The summed E-state index contributed by atoms with van der Waals surface area (Å²) in [7, 11) is 0. The quantitative estimate of drug-likeness (QED) is 0.273. The number of benzene rings is 3. The Morgan fingerprint density at radius 1 is 0.912 bits per heavy atom. The van der Waals surface area contributed by atoms with Crippen LogP contribution in [0.4, 0.5) is 10.1 Å². The highest BCUT2D eigenvalue weighted by molar-refractivity contribution is 6.05. The summed E-state index contributed by atoms with van der Waals surface area (Å²) in [5, 5.41) is 12.6. The van der Waals surface area contributed by atoms with Crippen molar-refractivity contribution in [3.63, 3.8) is 0 Å². The lowest BCUT2D eigenvalue weighted by molar-refractivity contribution is -0.136. The van der Waals surface area contributed by atoms with E-state index in [1.54, 1.807) is 17.0 Å². The number of nitrogens with one attached hydrogen (secondary N) is 1. The molecule has 11 heteroatoms. The van der Waals surface area contributed by atoms with Crippen molar-refractivity contribution in [2.75, 3.05) is 57.3 Å². The van der Waals surface area contributed by atoms with Gasteiger partial charge in [-0.15, -0.1) is 0 Å². The van der Waals surface area contributed by atoms with Gasteiger partial charge in [-0.25, -0.2) is 4.39 Å². The minimum absolute atomic E-state index is 0.0313. The van der Waals surface area contributed by atoms with E-state index in [4.69, 9.17) is 4.74 Å². The molecule has 6 atom stereocenters. The SMILES string of the molecule is CC1C(F)C(N2CCC(CN3CCN(c4ccc5c(c4)CN([C@@H]4CCC(=O)NC4=O)C5=O)CC3)CC2)=CCC1(C)[C@@H]1c2ccc(O)cc2OC[C@@H]1c1ccccc1. The number of allylic oxidation sites excluding steroid dienone is 2. The number of anilines is 1. The third-order valence-electron chi connectivity index (χ3n) is 14.3. The molecule has 3 amide bonds. The Bertz CT molecular complexity index is 2060. The van der Waals surface area contributed by atoms with Crippen LogP contribution in [0.5, 0.6) is 11.5 Å². The van der Waals surface area contributed by atoms with Gasteiger partial charge in [0.25, 0.3) is 5.91 Å². The van der Waals surface area contributed by atoms with Crippen LogP contribution in [0.25, 0.3) is 0 Å². The first-order chi connectivity index (χ1) is 27.6. The fourth-order valence-electron chi connectivity index (χ4n) is 10.8. The molecule has 300 valence electrons. The Balaban J connectivity index is 0.799. The number of fused-ring (bicyclic) bond motifs is 2. The number of piperazine rings is 1. The van der Waals surface area contributed by atoms with Crippen LogP contribution in [-0.4, -0.2) is 102 Å². The number of phenols is 1. The van der Waals surface area contributed by atoms with Gasteiger partial charge < -0.3 is 24.5 Å². The van der Waals surface area contributed by atoms with Gasteiger partial charge in [0.2, 0.25) is 11.8 Å². The van der Waals surface area contributed by atoms with Crippen molar-refractivity contribution in [3.8, 4) is 11.5 Å². The molecule has 2 N–H and O–H groups in total. The molecular weight excluding hydrogens is 722 g/mol. The van der Waals surface area contributed by atoms with Crippen LogP contribution in [0, 0.1) is 17.3 Å². The zero-order chi connectivity index (χ0) is 39.4. The fraction of sp³-hybridized carbons (Fsp3) is 0.500. The lowest BCUT2D eigenvalue weighted by Crippen LogP contribution is -2.52. The Hall–Kier alpha value is -4.90. The molecule has 0 bridgehead atoms. The van der Waals surface area contributed by atoms with E-state index in [9.17, 15) is 19.5 Å². The number of alkyl halides is 1. The fourth-order valence-corrected chi connectivity index (χ4v) is 10.8. The summed E-state index contributed by atoms with van der Waals surface area (Å²) in [5.41, 5.74) is 5.43. The Morgan fingerprint density at radius 2 is 1.68 bits per heavy atom. The van der Waals surface area contributed by atoms with Gasteiger partial charge in [-0.2, -0.15) is 0 Å². The van der Waals surface area contributed by atoms with E-state index in [0.717, 1.165) is 87.6 Å². The van der Waals surface area contributed by atoms with Crippen molar-refractivity contribution in [1.82, 2.24) is 20.0 Å². The lowest BCUT2D eigenvalue weighted by atomic mass is 9.55. The number of carbonyl (C=O) groups excluding carboxylic acids is 3. The van der Waals surface area contributed by atoms with Gasteiger partial charge in [-0.1, -0.05) is 56.3 Å². The normalized spacial score (nSPS) is 29.7. The van der Waals surface area contributed by atoms with Gasteiger partial charge in [-0.3, -0.25) is 24.6 Å². The summed E-state index contributed by atoms with van der Waals surface area (Å²) < 4.78 is 23.1. The minimum atomic E-state index is -1.06. The highest BCUT2D eigenvalue weighted by Gasteiger charge is 2.52. The predicted octanol–water partition coefficient (Wildman–Crippen LogP) is 6.22. The van der Waals surface area contributed by atoms with Gasteiger partial charge in [0.05, 0.1) is 6.61 Å². The van der Waals surface area contributed by atoms with Crippen LogP contribution in [0.2, 0.25) is 0 Å². The van der Waals surface area contributed by atoms with Gasteiger partial charge in [0.15, 0.2) is 0 Å². The number of likely N-dealkylation sites (tertiary alicyclic amines) is 1. The van der Waals surface area contributed by atoms with Crippen LogP contribution in [0.1, 0.15) is 84.8 Å². The van der Waals surface area contributed by atoms with Crippen molar-refractivity contribution in [2.24, 2.45) is 17.3 Å². The van der Waals surface area contributed by atoms with Crippen LogP contribution >= 0.6 is 0 Å². The third kappa shape index (κ3) is 6.95. The average molecular weight is 776 g/mol. The Labute approximate surface area is 334 Å². The molecule has 0 radical (unpaired) electrons. The average Bonchev–Trinajstić information content (AvgIpc) is 3.55. The van der Waals surface area contributed by atoms with Crippen molar-refractivity contribution < 1.29 is 28.6 Å². The lowest BCUT2D eigenvalue weighted by Gasteiger charge is -2.52. The molecule has 9 rings (SSSR count). The number of amides is 3. The van der Waals surface area contributed by atoms with E-state index in [0.29, 0.717) is 36.8 Å². The van der Waals surface area contributed by atoms with Crippen molar-refractivity contribution in [2.45, 2.75) is 76.5 Å². The molecule has 3 saturated heterocycles. The van der Waals surface area contributed by atoms with Crippen LogP contribution in [0.3, 0.4) is 0 Å². The number of imide groups is 1. The summed E-state index contributed by atoms with van der Waals surface area (Å²) in [6.07, 6.45) is 4.62. The first kappa shape index (κ1) is 37.7. The zero-order valence-electron chi connectivity index (χ0n) is 33.0. The number of nitrogens with zero attached hydrogens (tertiary/aromatic N) is 4. The van der Waals surface area contributed by atoms with Crippen LogP contribution < -0.4 is 15.0 Å². The number of carbonyl (C=O) groups is 3. The molecular formula is C46H54FN5O5. The first-order valence-electron chi connectivity index (χ1n) is 20.9. The molecule has 6 aliphatic rings. The van der Waals surface area contributed by atoms with Crippen molar-refractivity contribution >= 4 is 23.4 Å². The van der Waals surface area contributed by atoms with Gasteiger partial charge in [0, 0.05) is 93.6 Å². The van der Waals surface area contributed by atoms with Gasteiger partial charge in [-0.05, 0) is 83.9 Å². The maximum Gasteiger partial charge on any atom is 0.255 e. The molecule has 1 aliphatic carbocycles. The molecule has 0 aromatic heterocycles. The predicted molar refractivity (Wildman–Crippen MR) is 216 cm³/mol. The molecule has 0 saturated carbocycles. The third-order valence-corrected chi connectivity index (χ3v) is 14.3. The summed E-state index contributed by atoms with van der Waals surface area (Å²) >= 11 is 0. The molecule has 10 nitrogen and oxygen atoms in total. The van der Waals surface area contributed by atoms with Gasteiger partial charge >= 0.3 is 0 Å². The highest BCUT2D eigenvalue weighted by atomic mass is 19.1. The summed E-state index contributed by atoms with van der Waals surface area (Å²) in [4.78, 5) is 46.2. The number of rotatable bonds is 7. The maximum atomic E-state index is 16.9. The van der Waals surface area contributed by atoms with E-state index in [2.05, 4.69) is 70.3 Å². The Kier molecular flexibility index (Phi) is 9.99. The number of hydrogen-bond acceptors (Lipinski definition) is 8. The number of hydrogen-bond donors (Lipinski definition) is 2. The number of ether oxygens (including phenoxy) is 1. The smallest absolute Gasteiger partial charge is 0.255 e. The van der Waals surface area contributed by atoms with E-state index in [1.165, 1.54) is 5.56 Å². The summed E-state index contributed by atoms with van der Waals surface area (Å²) in [5.74, 6) is 0.548. The number of piperidine rings is 2. The maximum absolute atomic E-state index is 16.9. The highest BCUT2D eigenvalue weighted by Crippen LogP contribution is 2.59. The number of aromatic hydroxyl groups is 1. The second-order valence-electron chi connectivity index (χ2n) is 17.5. The van der Waals surface area contributed by atoms with Gasteiger partial charge in [0.1, 0.15) is 23.7 Å². The van der Waals surface area contributed by atoms with Crippen molar-refractivity contribution in [3.05, 3.63) is 101 Å². The van der Waals surface area contributed by atoms with E-state index >= 15 is 4.39 Å². The molecule has 3 fully saturated rings. The van der Waals surface area contributed by atoms with E-state index < -0.39 is 12.2 Å². The number of halogens is 1. The molecule has 0 spiro atoms. The largest absolute Gasteiger partial charge is 0.508 e. The number of phenolic OH excluding ortho intramolecular Hbond substituents is 1.